The summed E-state index contributed by atoms with van der Waals surface area (Å²) in [5.74, 6) is -0.0340. The summed E-state index contributed by atoms with van der Waals surface area (Å²) in [4.78, 5) is 19.8. The van der Waals surface area contributed by atoms with Gasteiger partial charge in [0.2, 0.25) is 5.91 Å². The van der Waals surface area contributed by atoms with E-state index in [1.54, 1.807) is 12.4 Å². The van der Waals surface area contributed by atoms with Crippen LogP contribution in [0.2, 0.25) is 0 Å². The van der Waals surface area contributed by atoms with E-state index in [0.717, 1.165) is 24.2 Å². The molecule has 1 amide bonds. The SMILES string of the molecule is CCCC(N)CC(=O)NCc1cnc(C)cn1. The van der Waals surface area contributed by atoms with Gasteiger partial charge in [-0.15, -0.1) is 0 Å². The fourth-order valence-electron chi connectivity index (χ4n) is 1.48. The second kappa shape index (κ2) is 6.96. The van der Waals surface area contributed by atoms with Crippen molar-refractivity contribution in [3.63, 3.8) is 0 Å². The molecule has 5 heteroatoms. The Bertz CT molecular complexity index is 350. The van der Waals surface area contributed by atoms with Crippen molar-refractivity contribution in [1.82, 2.24) is 15.3 Å². The molecular weight excluding hydrogens is 216 g/mol. The van der Waals surface area contributed by atoms with Crippen LogP contribution in [0.4, 0.5) is 0 Å². The standard InChI is InChI=1S/C12H20N4O/c1-3-4-10(13)5-12(17)16-8-11-7-14-9(2)6-15-11/h6-7,10H,3-5,8,13H2,1-2H3,(H,16,17). The van der Waals surface area contributed by atoms with Crippen LogP contribution in [-0.2, 0) is 11.3 Å². The summed E-state index contributed by atoms with van der Waals surface area (Å²) in [6.07, 6.45) is 5.59. The third-order valence-corrected chi connectivity index (χ3v) is 2.41. The normalized spacial score (nSPS) is 12.2. The van der Waals surface area contributed by atoms with Gasteiger partial charge in [-0.1, -0.05) is 13.3 Å². The molecule has 0 saturated heterocycles. The summed E-state index contributed by atoms with van der Waals surface area (Å²) in [5, 5.41) is 2.79. The number of hydrogen-bond acceptors (Lipinski definition) is 4. The lowest BCUT2D eigenvalue weighted by Gasteiger charge is -2.10. The van der Waals surface area contributed by atoms with Crippen molar-refractivity contribution in [3.8, 4) is 0 Å². The third-order valence-electron chi connectivity index (χ3n) is 2.41. The number of hydrogen-bond donors (Lipinski definition) is 2. The smallest absolute Gasteiger partial charge is 0.221 e. The molecule has 0 aliphatic rings. The van der Waals surface area contributed by atoms with Crippen molar-refractivity contribution in [3.05, 3.63) is 23.8 Å². The molecule has 1 aromatic heterocycles. The third kappa shape index (κ3) is 5.40. The molecule has 1 unspecified atom stereocenters. The van der Waals surface area contributed by atoms with E-state index in [0.29, 0.717) is 13.0 Å². The molecular formula is C12H20N4O. The summed E-state index contributed by atoms with van der Waals surface area (Å²) in [5.41, 5.74) is 7.41. The van der Waals surface area contributed by atoms with Crippen LogP contribution in [0, 0.1) is 6.92 Å². The molecule has 1 heterocycles. The first-order chi connectivity index (χ1) is 8.11. The van der Waals surface area contributed by atoms with E-state index in [-0.39, 0.29) is 11.9 Å². The molecule has 5 nitrogen and oxygen atoms in total. The Balaban J connectivity index is 2.30. The maximum atomic E-state index is 11.5. The molecule has 1 aromatic rings. The van der Waals surface area contributed by atoms with E-state index in [1.165, 1.54) is 0 Å². The van der Waals surface area contributed by atoms with E-state index in [9.17, 15) is 4.79 Å². The van der Waals surface area contributed by atoms with Gasteiger partial charge in [0, 0.05) is 18.7 Å². The topological polar surface area (TPSA) is 80.9 Å². The maximum absolute atomic E-state index is 11.5. The van der Waals surface area contributed by atoms with Gasteiger partial charge in [-0.3, -0.25) is 14.8 Å². The van der Waals surface area contributed by atoms with Gasteiger partial charge in [-0.25, -0.2) is 0 Å². The van der Waals surface area contributed by atoms with Gasteiger partial charge in [-0.2, -0.15) is 0 Å². The maximum Gasteiger partial charge on any atom is 0.221 e. The quantitative estimate of drug-likeness (QED) is 0.769. The van der Waals surface area contributed by atoms with Crippen molar-refractivity contribution >= 4 is 5.91 Å². The van der Waals surface area contributed by atoms with E-state index in [1.807, 2.05) is 6.92 Å². The summed E-state index contributed by atoms with van der Waals surface area (Å²) in [6, 6.07) is -0.0518. The molecule has 0 bridgehead atoms. The predicted octanol–water partition coefficient (Wildman–Crippen LogP) is 0.919. The molecule has 0 aliphatic carbocycles. The fraction of sp³-hybridized carbons (Fsp3) is 0.583. The van der Waals surface area contributed by atoms with Crippen LogP contribution in [0.1, 0.15) is 37.6 Å². The Kier molecular flexibility index (Phi) is 5.56. The highest BCUT2D eigenvalue weighted by molar-refractivity contribution is 5.76. The van der Waals surface area contributed by atoms with E-state index < -0.39 is 0 Å². The van der Waals surface area contributed by atoms with Crippen molar-refractivity contribution < 1.29 is 4.79 Å². The van der Waals surface area contributed by atoms with Crippen LogP contribution in [0.25, 0.3) is 0 Å². The Morgan fingerprint density at radius 1 is 1.47 bits per heavy atom. The number of nitrogens with two attached hydrogens (primary N) is 1. The van der Waals surface area contributed by atoms with E-state index in [4.69, 9.17) is 5.73 Å². The summed E-state index contributed by atoms with van der Waals surface area (Å²) in [7, 11) is 0. The zero-order valence-electron chi connectivity index (χ0n) is 10.4. The molecule has 0 saturated carbocycles. The van der Waals surface area contributed by atoms with Crippen molar-refractivity contribution in [2.24, 2.45) is 5.73 Å². The van der Waals surface area contributed by atoms with Crippen LogP contribution >= 0.6 is 0 Å². The molecule has 0 fully saturated rings. The largest absolute Gasteiger partial charge is 0.350 e. The number of carbonyl (C=O) groups excluding carboxylic acids is 1. The lowest BCUT2D eigenvalue weighted by molar-refractivity contribution is -0.121. The van der Waals surface area contributed by atoms with E-state index in [2.05, 4.69) is 22.2 Å². The van der Waals surface area contributed by atoms with Crippen molar-refractivity contribution in [2.75, 3.05) is 0 Å². The minimum absolute atomic E-state index is 0.0340. The van der Waals surface area contributed by atoms with Gasteiger partial charge in [0.05, 0.1) is 24.1 Å². The van der Waals surface area contributed by atoms with Crippen LogP contribution in [0.5, 0.6) is 0 Å². The average Bonchev–Trinajstić information content (AvgIpc) is 2.28. The molecule has 94 valence electrons. The van der Waals surface area contributed by atoms with Gasteiger partial charge in [0.15, 0.2) is 0 Å². The van der Waals surface area contributed by atoms with Gasteiger partial charge < -0.3 is 11.1 Å². The minimum atomic E-state index is -0.0518. The van der Waals surface area contributed by atoms with Gasteiger partial charge >= 0.3 is 0 Å². The number of rotatable bonds is 6. The lowest BCUT2D eigenvalue weighted by Crippen LogP contribution is -2.31. The monoisotopic (exact) mass is 236 g/mol. The Morgan fingerprint density at radius 2 is 2.24 bits per heavy atom. The summed E-state index contributed by atoms with van der Waals surface area (Å²) >= 11 is 0. The molecule has 1 atom stereocenters. The predicted molar refractivity (Wildman–Crippen MR) is 66.1 cm³/mol. The fourth-order valence-corrected chi connectivity index (χ4v) is 1.48. The second-order valence-corrected chi connectivity index (χ2v) is 4.18. The molecule has 3 N–H and O–H groups in total. The first kappa shape index (κ1) is 13.6. The first-order valence-corrected chi connectivity index (χ1v) is 5.91. The number of aryl methyl sites for hydroxylation is 1. The molecule has 0 aliphatic heterocycles. The van der Waals surface area contributed by atoms with Crippen LogP contribution in [0.3, 0.4) is 0 Å². The molecule has 0 aromatic carbocycles. The second-order valence-electron chi connectivity index (χ2n) is 4.18. The molecule has 1 rings (SSSR count). The highest BCUT2D eigenvalue weighted by Crippen LogP contribution is 1.99. The number of amides is 1. The highest BCUT2D eigenvalue weighted by atomic mass is 16.1. The Hall–Kier alpha value is -1.49. The van der Waals surface area contributed by atoms with Gasteiger partial charge in [0.1, 0.15) is 0 Å². The van der Waals surface area contributed by atoms with Crippen molar-refractivity contribution in [2.45, 2.75) is 45.7 Å². The number of nitrogens with zero attached hydrogens (tertiary/aromatic N) is 2. The zero-order chi connectivity index (χ0) is 12.7. The van der Waals surface area contributed by atoms with Crippen molar-refractivity contribution in [1.29, 1.82) is 0 Å². The summed E-state index contributed by atoms with van der Waals surface area (Å²) < 4.78 is 0. The average molecular weight is 236 g/mol. The lowest BCUT2D eigenvalue weighted by atomic mass is 10.1. The van der Waals surface area contributed by atoms with Gasteiger partial charge in [-0.05, 0) is 13.3 Å². The summed E-state index contributed by atoms with van der Waals surface area (Å²) in [6.45, 7) is 4.34. The molecule has 0 spiro atoms. The van der Waals surface area contributed by atoms with Gasteiger partial charge in [0.25, 0.3) is 0 Å². The zero-order valence-corrected chi connectivity index (χ0v) is 10.4. The minimum Gasteiger partial charge on any atom is -0.350 e. The van der Waals surface area contributed by atoms with Crippen LogP contribution in [0.15, 0.2) is 12.4 Å². The Morgan fingerprint density at radius 3 is 2.82 bits per heavy atom. The molecule has 0 radical (unpaired) electrons. The highest BCUT2D eigenvalue weighted by Gasteiger charge is 2.08. The Labute approximate surface area is 102 Å². The van der Waals surface area contributed by atoms with Crippen LogP contribution < -0.4 is 11.1 Å². The first-order valence-electron chi connectivity index (χ1n) is 5.91. The van der Waals surface area contributed by atoms with E-state index >= 15 is 0 Å². The number of aromatic nitrogens is 2. The molecule has 17 heavy (non-hydrogen) atoms. The van der Waals surface area contributed by atoms with Crippen LogP contribution in [-0.4, -0.2) is 21.9 Å². The number of nitrogens with one attached hydrogen (secondary N) is 1. The number of carbonyl (C=O) groups is 1.